The molecule has 1 saturated heterocycles. The van der Waals surface area contributed by atoms with Gasteiger partial charge < -0.3 is 15.2 Å². The summed E-state index contributed by atoms with van der Waals surface area (Å²) in [6.45, 7) is 3.74. The zero-order valence-corrected chi connectivity index (χ0v) is 10.9. The van der Waals surface area contributed by atoms with E-state index in [4.69, 9.17) is 15.2 Å². The highest BCUT2D eigenvalue weighted by Crippen LogP contribution is 2.29. The molecule has 3 heteroatoms. The van der Waals surface area contributed by atoms with Gasteiger partial charge in [-0.3, -0.25) is 0 Å². The monoisotopic (exact) mass is 241 g/mol. The first-order valence-electron chi connectivity index (χ1n) is 7.28. The van der Waals surface area contributed by atoms with Crippen molar-refractivity contribution in [2.24, 2.45) is 17.6 Å². The van der Waals surface area contributed by atoms with E-state index in [0.29, 0.717) is 6.10 Å². The summed E-state index contributed by atoms with van der Waals surface area (Å²) < 4.78 is 11.2. The van der Waals surface area contributed by atoms with Gasteiger partial charge in [0, 0.05) is 19.8 Å². The van der Waals surface area contributed by atoms with Crippen LogP contribution in [0.25, 0.3) is 0 Å². The van der Waals surface area contributed by atoms with Gasteiger partial charge in [-0.15, -0.1) is 0 Å². The lowest BCUT2D eigenvalue weighted by atomic mass is 9.82. The Kier molecular flexibility index (Phi) is 5.75. The minimum Gasteiger partial charge on any atom is -0.381 e. The van der Waals surface area contributed by atoms with Crippen molar-refractivity contribution in [1.29, 1.82) is 0 Å². The van der Waals surface area contributed by atoms with E-state index in [0.717, 1.165) is 38.2 Å². The minimum atomic E-state index is 0.520. The average Bonchev–Trinajstić information content (AvgIpc) is 2.32. The van der Waals surface area contributed by atoms with E-state index in [1.807, 2.05) is 0 Å². The van der Waals surface area contributed by atoms with Gasteiger partial charge in [0.1, 0.15) is 0 Å². The molecule has 0 aromatic rings. The van der Waals surface area contributed by atoms with E-state index < -0.39 is 0 Å². The van der Waals surface area contributed by atoms with Crippen LogP contribution in [0.5, 0.6) is 0 Å². The first kappa shape index (κ1) is 13.3. The van der Waals surface area contributed by atoms with Crippen LogP contribution in [0.15, 0.2) is 0 Å². The first-order valence-corrected chi connectivity index (χ1v) is 7.28. The van der Waals surface area contributed by atoms with E-state index >= 15 is 0 Å². The predicted molar refractivity (Wildman–Crippen MR) is 68.9 cm³/mol. The van der Waals surface area contributed by atoms with E-state index in [1.54, 1.807) is 0 Å². The third kappa shape index (κ3) is 4.57. The molecule has 1 aliphatic carbocycles. The van der Waals surface area contributed by atoms with Gasteiger partial charge in [0.2, 0.25) is 0 Å². The Morgan fingerprint density at radius 1 is 1.06 bits per heavy atom. The number of nitrogens with two attached hydrogens (primary N) is 1. The quantitative estimate of drug-likeness (QED) is 0.696. The summed E-state index contributed by atoms with van der Waals surface area (Å²) in [7, 11) is 0. The van der Waals surface area contributed by atoms with Crippen molar-refractivity contribution < 1.29 is 9.47 Å². The Labute approximate surface area is 105 Å². The summed E-state index contributed by atoms with van der Waals surface area (Å²) in [5.41, 5.74) is 5.59. The second-order valence-electron chi connectivity index (χ2n) is 5.62. The molecule has 2 fully saturated rings. The molecule has 3 nitrogen and oxygen atoms in total. The van der Waals surface area contributed by atoms with Crippen molar-refractivity contribution in [3.63, 3.8) is 0 Å². The van der Waals surface area contributed by atoms with Crippen molar-refractivity contribution in [1.82, 2.24) is 0 Å². The van der Waals surface area contributed by atoms with Crippen LogP contribution in [0, 0.1) is 11.8 Å². The molecule has 1 heterocycles. The van der Waals surface area contributed by atoms with Gasteiger partial charge in [-0.1, -0.05) is 12.8 Å². The van der Waals surface area contributed by atoms with Crippen LogP contribution in [0.3, 0.4) is 0 Å². The molecule has 2 rings (SSSR count). The van der Waals surface area contributed by atoms with Crippen molar-refractivity contribution in [2.75, 3.05) is 26.4 Å². The minimum absolute atomic E-state index is 0.520. The number of ether oxygens (including phenoxy) is 2. The summed E-state index contributed by atoms with van der Waals surface area (Å²) in [6, 6.07) is 0. The van der Waals surface area contributed by atoms with Crippen LogP contribution < -0.4 is 5.73 Å². The van der Waals surface area contributed by atoms with Gasteiger partial charge in [-0.25, -0.2) is 0 Å². The molecule has 2 aliphatic rings. The Balaban J connectivity index is 1.39. The van der Waals surface area contributed by atoms with Crippen LogP contribution in [0.2, 0.25) is 0 Å². The van der Waals surface area contributed by atoms with Gasteiger partial charge in [-0.05, 0) is 50.5 Å². The fourth-order valence-corrected chi connectivity index (χ4v) is 2.82. The fourth-order valence-electron chi connectivity index (χ4n) is 2.82. The van der Waals surface area contributed by atoms with Crippen LogP contribution in [-0.4, -0.2) is 32.5 Å². The van der Waals surface area contributed by atoms with E-state index in [9.17, 15) is 0 Å². The molecule has 0 aromatic carbocycles. The molecule has 0 amide bonds. The van der Waals surface area contributed by atoms with Crippen LogP contribution in [0.4, 0.5) is 0 Å². The van der Waals surface area contributed by atoms with Gasteiger partial charge in [-0.2, -0.15) is 0 Å². The second kappa shape index (κ2) is 7.34. The van der Waals surface area contributed by atoms with Crippen molar-refractivity contribution in [3.05, 3.63) is 0 Å². The van der Waals surface area contributed by atoms with Crippen LogP contribution in [0.1, 0.15) is 44.9 Å². The van der Waals surface area contributed by atoms with Crippen molar-refractivity contribution in [2.45, 2.75) is 51.0 Å². The number of hydrogen-bond donors (Lipinski definition) is 1. The van der Waals surface area contributed by atoms with Gasteiger partial charge in [0.15, 0.2) is 0 Å². The summed E-state index contributed by atoms with van der Waals surface area (Å²) in [5, 5.41) is 0. The molecule has 0 atom stereocenters. The summed E-state index contributed by atoms with van der Waals surface area (Å²) in [6.07, 6.45) is 9.34. The van der Waals surface area contributed by atoms with Crippen molar-refractivity contribution in [3.8, 4) is 0 Å². The van der Waals surface area contributed by atoms with Crippen LogP contribution in [-0.2, 0) is 9.47 Å². The highest BCUT2D eigenvalue weighted by Gasteiger charge is 2.28. The molecular formula is C14H27NO2. The highest BCUT2D eigenvalue weighted by atomic mass is 16.5. The van der Waals surface area contributed by atoms with E-state index in [2.05, 4.69) is 0 Å². The lowest BCUT2D eigenvalue weighted by Gasteiger charge is -2.34. The first-order chi connectivity index (χ1) is 8.38. The zero-order chi connectivity index (χ0) is 11.9. The lowest BCUT2D eigenvalue weighted by Crippen LogP contribution is -2.36. The molecule has 17 heavy (non-hydrogen) atoms. The van der Waals surface area contributed by atoms with Crippen LogP contribution >= 0.6 is 0 Å². The predicted octanol–water partition coefficient (Wildman–Crippen LogP) is 2.34. The molecule has 0 spiro atoms. The van der Waals surface area contributed by atoms with Gasteiger partial charge in [0.05, 0.1) is 6.10 Å². The SMILES string of the molecule is NCC1CC(OCCCCC2CCOCC2)C1. The molecule has 2 N–H and O–H groups in total. The third-order valence-corrected chi connectivity index (χ3v) is 4.23. The zero-order valence-electron chi connectivity index (χ0n) is 10.9. The summed E-state index contributed by atoms with van der Waals surface area (Å²) in [5.74, 6) is 1.65. The van der Waals surface area contributed by atoms with Crippen molar-refractivity contribution >= 4 is 0 Å². The Morgan fingerprint density at radius 2 is 1.82 bits per heavy atom. The second-order valence-corrected chi connectivity index (χ2v) is 5.62. The molecule has 0 radical (unpaired) electrons. The Hall–Kier alpha value is -0.120. The highest BCUT2D eigenvalue weighted by molar-refractivity contribution is 4.80. The average molecular weight is 241 g/mol. The number of unbranched alkanes of at least 4 members (excludes halogenated alkanes) is 1. The maximum Gasteiger partial charge on any atom is 0.0581 e. The number of rotatable bonds is 7. The Bertz CT molecular complexity index is 198. The molecule has 100 valence electrons. The summed E-state index contributed by atoms with van der Waals surface area (Å²) in [4.78, 5) is 0. The fraction of sp³-hybridized carbons (Fsp3) is 1.00. The molecule has 1 aliphatic heterocycles. The standard InChI is InChI=1S/C14H27NO2/c15-11-13-9-14(10-13)17-6-2-1-3-12-4-7-16-8-5-12/h12-14H,1-11,15H2. The normalized spacial score (nSPS) is 30.2. The third-order valence-electron chi connectivity index (χ3n) is 4.23. The van der Waals surface area contributed by atoms with Gasteiger partial charge in [0.25, 0.3) is 0 Å². The molecule has 0 bridgehead atoms. The lowest BCUT2D eigenvalue weighted by molar-refractivity contribution is -0.0296. The topological polar surface area (TPSA) is 44.5 Å². The van der Waals surface area contributed by atoms with E-state index in [1.165, 1.54) is 44.9 Å². The van der Waals surface area contributed by atoms with Gasteiger partial charge >= 0.3 is 0 Å². The largest absolute Gasteiger partial charge is 0.381 e. The van der Waals surface area contributed by atoms with E-state index in [-0.39, 0.29) is 0 Å². The molecular weight excluding hydrogens is 214 g/mol. The molecule has 1 saturated carbocycles. The summed E-state index contributed by atoms with van der Waals surface area (Å²) >= 11 is 0. The maximum absolute atomic E-state index is 5.82. The Morgan fingerprint density at radius 3 is 2.53 bits per heavy atom. The number of hydrogen-bond acceptors (Lipinski definition) is 3. The smallest absolute Gasteiger partial charge is 0.0581 e. The molecule has 0 aromatic heterocycles. The maximum atomic E-state index is 5.82. The molecule has 0 unspecified atom stereocenters.